The molecule has 0 fully saturated rings. The third kappa shape index (κ3) is 9.37. The highest BCUT2D eigenvalue weighted by Crippen LogP contribution is 2.40. The molecule has 5 nitrogen and oxygen atoms in total. The van der Waals surface area contributed by atoms with Gasteiger partial charge in [-0.15, -0.1) is 11.8 Å². The number of carbonyl (C=O) groups is 1. The number of nitroso groups, excluding NO2 is 1. The summed E-state index contributed by atoms with van der Waals surface area (Å²) >= 11 is 1.76. The van der Waals surface area contributed by atoms with Crippen LogP contribution in [-0.2, 0) is 4.79 Å². The van der Waals surface area contributed by atoms with Crippen molar-refractivity contribution in [2.24, 2.45) is 17.0 Å². The zero-order valence-electron chi connectivity index (χ0n) is 17.6. The summed E-state index contributed by atoms with van der Waals surface area (Å²) in [7, 11) is 0. The smallest absolute Gasteiger partial charge is 0.303 e. The average Bonchev–Trinajstić information content (AvgIpc) is 2.92. The Morgan fingerprint density at radius 1 is 1.32 bits per heavy atom. The number of thioether (sulfide) groups is 1. The number of carboxylic acids is 1. The minimum absolute atomic E-state index is 0.0563. The number of unbranched alkanes of at least 4 members (excludes halogenated alkanes) is 3. The van der Waals surface area contributed by atoms with E-state index in [1.54, 1.807) is 11.8 Å². The Bertz CT molecular complexity index is 547. The summed E-state index contributed by atoms with van der Waals surface area (Å²) in [6.45, 7) is 6.40. The van der Waals surface area contributed by atoms with Gasteiger partial charge in [0.25, 0.3) is 0 Å². The van der Waals surface area contributed by atoms with E-state index < -0.39 is 12.1 Å². The van der Waals surface area contributed by atoms with Gasteiger partial charge in [0.05, 0.1) is 6.10 Å². The summed E-state index contributed by atoms with van der Waals surface area (Å²) in [5.41, 5.74) is 1.21. The zero-order chi connectivity index (χ0) is 20.9. The SMILES string of the molecule is CCCC[C@@H](C)CC(/C=C/[C@@H]1C(SCCCCCC(=O)O)=C(C)CC1O)N=O. The Morgan fingerprint density at radius 3 is 2.71 bits per heavy atom. The van der Waals surface area contributed by atoms with Crippen molar-refractivity contribution >= 4 is 17.7 Å². The van der Waals surface area contributed by atoms with Crippen molar-refractivity contribution in [2.75, 3.05) is 5.75 Å². The second-order valence-electron chi connectivity index (χ2n) is 8.04. The van der Waals surface area contributed by atoms with Crippen molar-refractivity contribution < 1.29 is 15.0 Å². The molecule has 0 aromatic rings. The van der Waals surface area contributed by atoms with Crippen LogP contribution in [0.4, 0.5) is 0 Å². The van der Waals surface area contributed by atoms with Gasteiger partial charge in [0.1, 0.15) is 6.04 Å². The maximum Gasteiger partial charge on any atom is 0.303 e. The molecule has 0 saturated carbocycles. The number of carboxylic acid groups (broad SMARTS) is 1. The molecule has 1 rings (SSSR count). The fourth-order valence-corrected chi connectivity index (χ4v) is 4.99. The summed E-state index contributed by atoms with van der Waals surface area (Å²) < 4.78 is 0. The summed E-state index contributed by atoms with van der Waals surface area (Å²) in [6, 6.07) is -0.331. The second kappa shape index (κ2) is 13.9. The summed E-state index contributed by atoms with van der Waals surface area (Å²) in [6.07, 6.45) is 11.1. The largest absolute Gasteiger partial charge is 0.481 e. The number of aliphatic hydroxyl groups is 1. The van der Waals surface area contributed by atoms with E-state index >= 15 is 0 Å². The third-order valence-corrected chi connectivity index (χ3v) is 6.74. The van der Waals surface area contributed by atoms with E-state index in [0.717, 1.165) is 37.9 Å². The lowest BCUT2D eigenvalue weighted by molar-refractivity contribution is -0.137. The molecule has 4 atom stereocenters. The van der Waals surface area contributed by atoms with Crippen LogP contribution in [0.15, 0.2) is 27.8 Å². The van der Waals surface area contributed by atoms with E-state index in [1.807, 2.05) is 12.2 Å². The molecule has 0 bridgehead atoms. The van der Waals surface area contributed by atoms with Crippen molar-refractivity contribution in [3.63, 3.8) is 0 Å². The molecule has 0 heterocycles. The van der Waals surface area contributed by atoms with Crippen LogP contribution in [0.3, 0.4) is 0 Å². The number of rotatable bonds is 15. The van der Waals surface area contributed by atoms with Crippen molar-refractivity contribution in [3.05, 3.63) is 27.5 Å². The number of aliphatic carboxylic acids is 1. The molecule has 2 unspecified atom stereocenters. The van der Waals surface area contributed by atoms with E-state index in [2.05, 4.69) is 25.9 Å². The number of hydrogen-bond acceptors (Lipinski definition) is 5. The van der Waals surface area contributed by atoms with Gasteiger partial charge in [-0.2, -0.15) is 4.91 Å². The van der Waals surface area contributed by atoms with Gasteiger partial charge in [0.2, 0.25) is 0 Å². The van der Waals surface area contributed by atoms with Gasteiger partial charge >= 0.3 is 5.97 Å². The Kier molecular flexibility index (Phi) is 12.4. The molecule has 6 heteroatoms. The van der Waals surface area contributed by atoms with Crippen LogP contribution in [0.2, 0.25) is 0 Å². The van der Waals surface area contributed by atoms with Crippen LogP contribution >= 0.6 is 11.8 Å². The van der Waals surface area contributed by atoms with Crippen molar-refractivity contribution in [1.82, 2.24) is 0 Å². The normalized spacial score (nSPS) is 22.0. The molecular weight excluding hydrogens is 374 g/mol. The number of nitrogens with zero attached hydrogens (tertiary/aromatic N) is 1. The van der Waals surface area contributed by atoms with Crippen LogP contribution in [-0.4, -0.2) is 34.1 Å². The summed E-state index contributed by atoms with van der Waals surface area (Å²) in [5, 5.41) is 22.4. The van der Waals surface area contributed by atoms with Gasteiger partial charge in [-0.3, -0.25) is 4.79 Å². The molecule has 0 aromatic heterocycles. The predicted octanol–water partition coefficient (Wildman–Crippen LogP) is 5.93. The maximum atomic E-state index is 11.2. The highest BCUT2D eigenvalue weighted by molar-refractivity contribution is 8.03. The van der Waals surface area contributed by atoms with Gasteiger partial charge in [-0.05, 0) is 49.2 Å². The summed E-state index contributed by atoms with van der Waals surface area (Å²) in [4.78, 5) is 23.0. The summed E-state index contributed by atoms with van der Waals surface area (Å²) in [5.74, 6) is 0.599. The van der Waals surface area contributed by atoms with Gasteiger partial charge < -0.3 is 10.2 Å². The van der Waals surface area contributed by atoms with Crippen molar-refractivity contribution in [2.45, 2.75) is 90.7 Å². The van der Waals surface area contributed by atoms with E-state index in [0.29, 0.717) is 18.8 Å². The van der Waals surface area contributed by atoms with Gasteiger partial charge in [-0.1, -0.05) is 62.4 Å². The fourth-order valence-electron chi connectivity index (χ4n) is 3.66. The average molecular weight is 412 g/mol. The lowest BCUT2D eigenvalue weighted by Gasteiger charge is -2.17. The minimum atomic E-state index is -0.738. The molecular formula is C22H37NO4S. The predicted molar refractivity (Wildman–Crippen MR) is 117 cm³/mol. The second-order valence-corrected chi connectivity index (χ2v) is 9.17. The first-order chi connectivity index (χ1) is 13.4. The zero-order valence-corrected chi connectivity index (χ0v) is 18.4. The Labute approximate surface area is 174 Å². The van der Waals surface area contributed by atoms with Crippen molar-refractivity contribution in [3.8, 4) is 0 Å². The fraction of sp³-hybridized carbons (Fsp3) is 0.773. The molecule has 0 spiro atoms. The molecule has 0 saturated heterocycles. The first kappa shape index (κ1) is 24.9. The van der Waals surface area contributed by atoms with Gasteiger partial charge in [0.15, 0.2) is 0 Å². The van der Waals surface area contributed by atoms with E-state index in [1.165, 1.54) is 16.9 Å². The monoisotopic (exact) mass is 411 g/mol. The molecule has 2 N–H and O–H groups in total. The molecule has 28 heavy (non-hydrogen) atoms. The topological polar surface area (TPSA) is 87.0 Å². The lowest BCUT2D eigenvalue weighted by atomic mass is 9.95. The van der Waals surface area contributed by atoms with E-state index in [-0.39, 0.29) is 18.4 Å². The quantitative estimate of drug-likeness (QED) is 0.198. The van der Waals surface area contributed by atoms with E-state index in [9.17, 15) is 14.8 Å². The van der Waals surface area contributed by atoms with Gasteiger partial charge in [-0.25, -0.2) is 0 Å². The van der Waals surface area contributed by atoms with Crippen LogP contribution in [0.5, 0.6) is 0 Å². The van der Waals surface area contributed by atoms with Crippen LogP contribution in [0.25, 0.3) is 0 Å². The number of aliphatic hydroxyl groups excluding tert-OH is 1. The molecule has 160 valence electrons. The van der Waals surface area contributed by atoms with Crippen LogP contribution in [0, 0.1) is 16.7 Å². The molecule has 1 aliphatic rings. The molecule has 0 aliphatic heterocycles. The van der Waals surface area contributed by atoms with Crippen LogP contribution in [0.1, 0.15) is 78.6 Å². The Morgan fingerprint density at radius 2 is 2.07 bits per heavy atom. The van der Waals surface area contributed by atoms with Crippen molar-refractivity contribution in [1.29, 1.82) is 0 Å². The molecule has 1 aliphatic carbocycles. The number of hydrogen-bond donors (Lipinski definition) is 2. The lowest BCUT2D eigenvalue weighted by Crippen LogP contribution is -2.15. The third-order valence-electron chi connectivity index (χ3n) is 5.32. The first-order valence-electron chi connectivity index (χ1n) is 10.6. The Balaban J connectivity index is 2.54. The highest BCUT2D eigenvalue weighted by atomic mass is 32.2. The molecule has 0 amide bonds. The van der Waals surface area contributed by atoms with Crippen LogP contribution < -0.4 is 0 Å². The molecule has 0 aromatic carbocycles. The highest BCUT2D eigenvalue weighted by Gasteiger charge is 2.30. The van der Waals surface area contributed by atoms with E-state index in [4.69, 9.17) is 5.11 Å². The minimum Gasteiger partial charge on any atom is -0.481 e. The first-order valence-corrected chi connectivity index (χ1v) is 11.6. The maximum absolute atomic E-state index is 11.2. The Hall–Kier alpha value is -1.14. The van der Waals surface area contributed by atoms with Gasteiger partial charge in [0, 0.05) is 12.3 Å². The standard InChI is InChI=1S/C22H37NO4S/c1-4-5-9-16(2)14-18(23-27)11-12-19-20(24)15-17(3)22(19)28-13-8-6-7-10-21(25)26/h11-12,16,18-20,24H,4-10,13-15H2,1-3H3,(H,25,26)/b12-11+/t16-,18?,19+,20?/m1/s1. The molecule has 0 radical (unpaired) electrons.